The van der Waals surface area contributed by atoms with Crippen LogP contribution in [0.1, 0.15) is 10.4 Å². The van der Waals surface area contributed by atoms with Crippen LogP contribution in [0.4, 0.5) is 18.9 Å². The predicted octanol–water partition coefficient (Wildman–Crippen LogP) is 2.74. The van der Waals surface area contributed by atoms with Gasteiger partial charge >= 0.3 is 0 Å². The molecule has 0 heterocycles. The van der Waals surface area contributed by atoms with Crippen LogP contribution < -0.4 is 20.3 Å². The van der Waals surface area contributed by atoms with Crippen molar-refractivity contribution in [2.24, 2.45) is 0 Å². The highest BCUT2D eigenvalue weighted by Crippen LogP contribution is 2.19. The summed E-state index contributed by atoms with van der Waals surface area (Å²) in [7, 11) is -4.19. The molecule has 0 saturated carbocycles. The number of carbonyl (C=O) groups is 2. The van der Waals surface area contributed by atoms with Crippen molar-refractivity contribution in [2.75, 3.05) is 11.3 Å². The van der Waals surface area contributed by atoms with Crippen LogP contribution in [0.25, 0.3) is 0 Å². The van der Waals surface area contributed by atoms with E-state index in [1.807, 2.05) is 0 Å². The van der Waals surface area contributed by atoms with Gasteiger partial charge in [-0.3, -0.25) is 25.2 Å². The zero-order valence-corrected chi connectivity index (χ0v) is 17.5. The lowest BCUT2D eigenvalue weighted by Gasteiger charge is -2.10. The maximum absolute atomic E-state index is 13.3. The highest BCUT2D eigenvalue weighted by Gasteiger charge is 2.17. The number of carbonyl (C=O) groups excluding carboxylic acids is 2. The summed E-state index contributed by atoms with van der Waals surface area (Å²) in [6, 6.07) is 12.2. The first-order valence-corrected chi connectivity index (χ1v) is 10.7. The normalized spacial score (nSPS) is 10.9. The van der Waals surface area contributed by atoms with E-state index in [2.05, 4.69) is 15.6 Å². The van der Waals surface area contributed by atoms with Crippen LogP contribution in [0, 0.1) is 17.5 Å². The van der Waals surface area contributed by atoms with Gasteiger partial charge in [-0.2, -0.15) is 0 Å². The van der Waals surface area contributed by atoms with Crippen molar-refractivity contribution in [2.45, 2.75) is 4.90 Å². The van der Waals surface area contributed by atoms with Crippen molar-refractivity contribution < 1.29 is 35.9 Å². The van der Waals surface area contributed by atoms with Crippen LogP contribution in [0.3, 0.4) is 0 Å². The van der Waals surface area contributed by atoms with E-state index in [-0.39, 0.29) is 17.0 Å². The summed E-state index contributed by atoms with van der Waals surface area (Å²) in [5.41, 5.74) is 4.44. The number of halogens is 3. The average Bonchev–Trinajstić information content (AvgIpc) is 2.79. The minimum Gasteiger partial charge on any atom is -0.484 e. The van der Waals surface area contributed by atoms with Crippen molar-refractivity contribution in [1.29, 1.82) is 0 Å². The van der Waals surface area contributed by atoms with Gasteiger partial charge in [0.2, 0.25) is 0 Å². The lowest BCUT2D eigenvalue weighted by molar-refractivity contribution is -0.123. The molecule has 3 aromatic rings. The van der Waals surface area contributed by atoms with Crippen molar-refractivity contribution in [3.8, 4) is 5.75 Å². The number of benzene rings is 3. The van der Waals surface area contributed by atoms with Crippen molar-refractivity contribution in [3.63, 3.8) is 0 Å². The van der Waals surface area contributed by atoms with Gasteiger partial charge in [-0.1, -0.05) is 0 Å². The van der Waals surface area contributed by atoms with Gasteiger partial charge < -0.3 is 4.74 Å². The van der Waals surface area contributed by atoms with Crippen molar-refractivity contribution in [3.05, 3.63) is 89.7 Å². The van der Waals surface area contributed by atoms with Crippen LogP contribution >= 0.6 is 0 Å². The molecule has 8 nitrogen and oxygen atoms in total. The highest BCUT2D eigenvalue weighted by atomic mass is 32.2. The van der Waals surface area contributed by atoms with E-state index in [4.69, 9.17) is 4.74 Å². The Morgan fingerprint density at radius 3 is 2.12 bits per heavy atom. The van der Waals surface area contributed by atoms with Crippen LogP contribution in [0.5, 0.6) is 5.75 Å². The summed E-state index contributed by atoms with van der Waals surface area (Å²) >= 11 is 0. The van der Waals surface area contributed by atoms with Crippen LogP contribution in [-0.4, -0.2) is 26.8 Å². The fraction of sp³-hybridized carbons (Fsp3) is 0.0476. The third-order valence-corrected chi connectivity index (χ3v) is 5.48. The highest BCUT2D eigenvalue weighted by molar-refractivity contribution is 7.92. The fourth-order valence-electron chi connectivity index (χ4n) is 2.46. The Labute approximate surface area is 186 Å². The zero-order chi connectivity index (χ0) is 24.0. The second-order valence-electron chi connectivity index (χ2n) is 6.50. The SMILES string of the molecule is O=C(COc1ccc(F)cc1)NNC(=O)c1ccc(NS(=O)(=O)c2ccc(F)c(F)c2)cc1. The quantitative estimate of drug-likeness (QED) is 0.451. The maximum Gasteiger partial charge on any atom is 0.276 e. The molecule has 0 aliphatic heterocycles. The summed E-state index contributed by atoms with van der Waals surface area (Å²) in [6.07, 6.45) is 0. The number of ether oxygens (including phenoxy) is 1. The Morgan fingerprint density at radius 1 is 0.818 bits per heavy atom. The molecule has 0 bridgehead atoms. The molecule has 172 valence electrons. The first-order valence-electron chi connectivity index (χ1n) is 9.19. The van der Waals surface area contributed by atoms with E-state index in [9.17, 15) is 31.2 Å². The van der Waals surface area contributed by atoms with Gasteiger partial charge in [0.1, 0.15) is 11.6 Å². The lowest BCUT2D eigenvalue weighted by Crippen LogP contribution is -2.43. The Balaban J connectivity index is 1.52. The summed E-state index contributed by atoms with van der Waals surface area (Å²) in [5, 5.41) is 0. The summed E-state index contributed by atoms with van der Waals surface area (Å²) in [5.74, 6) is -4.06. The summed E-state index contributed by atoms with van der Waals surface area (Å²) < 4.78 is 71.0. The Hall–Kier alpha value is -4.06. The van der Waals surface area contributed by atoms with Gasteiger partial charge in [-0.05, 0) is 66.7 Å². The Bertz CT molecular complexity index is 1270. The molecule has 0 fully saturated rings. The summed E-state index contributed by atoms with van der Waals surface area (Å²) in [4.78, 5) is 23.4. The number of hydrazine groups is 1. The van der Waals surface area contributed by atoms with Gasteiger partial charge in [-0.15, -0.1) is 0 Å². The van der Waals surface area contributed by atoms with Crippen LogP contribution in [0.2, 0.25) is 0 Å². The molecule has 0 spiro atoms. The van der Waals surface area contributed by atoms with Crippen LogP contribution in [0.15, 0.2) is 71.6 Å². The molecular formula is C21H16F3N3O5S. The third kappa shape index (κ3) is 6.46. The van der Waals surface area contributed by atoms with Gasteiger partial charge in [0.15, 0.2) is 18.2 Å². The molecule has 0 aliphatic carbocycles. The summed E-state index contributed by atoms with van der Waals surface area (Å²) in [6.45, 7) is -0.434. The fourth-order valence-corrected chi connectivity index (χ4v) is 3.53. The number of sulfonamides is 1. The molecule has 0 unspecified atom stereocenters. The Kier molecular flexibility index (Phi) is 7.18. The van der Waals surface area contributed by atoms with E-state index < -0.39 is 50.8 Å². The number of hydrogen-bond acceptors (Lipinski definition) is 5. The van der Waals surface area contributed by atoms with E-state index in [1.54, 1.807) is 0 Å². The predicted molar refractivity (Wildman–Crippen MR) is 111 cm³/mol. The molecule has 0 radical (unpaired) electrons. The molecule has 33 heavy (non-hydrogen) atoms. The van der Waals surface area contributed by atoms with Gasteiger partial charge in [0.05, 0.1) is 4.90 Å². The molecule has 0 saturated heterocycles. The standard InChI is InChI=1S/C21H16F3N3O5S/c22-14-3-7-16(8-4-14)32-12-20(28)25-26-21(29)13-1-5-15(6-2-13)27-33(30,31)17-9-10-18(23)19(24)11-17/h1-11,27H,12H2,(H,25,28)(H,26,29). The second-order valence-corrected chi connectivity index (χ2v) is 8.19. The zero-order valence-electron chi connectivity index (χ0n) is 16.6. The minimum atomic E-state index is -4.19. The minimum absolute atomic E-state index is 0.0630. The molecule has 3 N–H and O–H groups in total. The monoisotopic (exact) mass is 479 g/mol. The van der Waals surface area contributed by atoms with Crippen LogP contribution in [-0.2, 0) is 14.8 Å². The van der Waals surface area contributed by atoms with E-state index >= 15 is 0 Å². The first-order chi connectivity index (χ1) is 15.6. The van der Waals surface area contributed by atoms with Gasteiger partial charge in [0.25, 0.3) is 21.8 Å². The first kappa shape index (κ1) is 23.6. The van der Waals surface area contributed by atoms with E-state index in [1.165, 1.54) is 36.4 Å². The average molecular weight is 479 g/mol. The second kappa shape index (κ2) is 10.0. The van der Waals surface area contributed by atoms with Gasteiger partial charge in [0, 0.05) is 11.3 Å². The molecule has 0 atom stereocenters. The molecule has 3 aromatic carbocycles. The Morgan fingerprint density at radius 2 is 1.48 bits per heavy atom. The molecule has 3 rings (SSSR count). The van der Waals surface area contributed by atoms with Crippen molar-refractivity contribution in [1.82, 2.24) is 10.9 Å². The largest absolute Gasteiger partial charge is 0.484 e. The topological polar surface area (TPSA) is 114 Å². The number of amides is 2. The number of rotatable bonds is 7. The molecular weight excluding hydrogens is 463 g/mol. The van der Waals surface area contributed by atoms with E-state index in [0.29, 0.717) is 12.1 Å². The van der Waals surface area contributed by atoms with Crippen molar-refractivity contribution >= 4 is 27.5 Å². The lowest BCUT2D eigenvalue weighted by atomic mass is 10.2. The maximum atomic E-state index is 13.3. The number of nitrogens with one attached hydrogen (secondary N) is 3. The smallest absolute Gasteiger partial charge is 0.276 e. The molecule has 0 aliphatic rings. The molecule has 0 aromatic heterocycles. The van der Waals surface area contributed by atoms with E-state index in [0.717, 1.165) is 18.2 Å². The molecule has 2 amide bonds. The number of hydrogen-bond donors (Lipinski definition) is 3. The van der Waals surface area contributed by atoms with Gasteiger partial charge in [-0.25, -0.2) is 21.6 Å². The third-order valence-electron chi connectivity index (χ3n) is 4.10. The molecule has 12 heteroatoms. The number of anilines is 1.